The molecule has 2 heteroatoms. The predicted molar refractivity (Wildman–Crippen MR) is 48.0 cm³/mol. The summed E-state index contributed by atoms with van der Waals surface area (Å²) >= 11 is 0. The van der Waals surface area contributed by atoms with Gasteiger partial charge in [-0.15, -0.1) is 0 Å². The highest BCUT2D eigenvalue weighted by molar-refractivity contribution is 4.99. The van der Waals surface area contributed by atoms with Gasteiger partial charge in [0.05, 0.1) is 6.17 Å². The molecule has 1 atom stereocenters. The molecule has 0 saturated carbocycles. The second-order valence-electron chi connectivity index (χ2n) is 4.17. The van der Waals surface area contributed by atoms with E-state index in [0.717, 1.165) is 0 Å². The summed E-state index contributed by atoms with van der Waals surface area (Å²) < 4.78 is 0. The van der Waals surface area contributed by atoms with Crippen LogP contribution in [0, 0.1) is 0 Å². The molecule has 1 unspecified atom stereocenters. The van der Waals surface area contributed by atoms with E-state index in [0.29, 0.717) is 6.17 Å². The SMILES string of the molecule is CC1N(C)C=CN1C(C)(C)C. The van der Waals surface area contributed by atoms with Gasteiger partial charge in [-0.25, -0.2) is 0 Å². The second kappa shape index (κ2) is 2.43. The largest absolute Gasteiger partial charge is 0.359 e. The maximum Gasteiger partial charge on any atom is 0.0979 e. The molecule has 1 aliphatic rings. The molecule has 0 amide bonds. The van der Waals surface area contributed by atoms with Crippen molar-refractivity contribution < 1.29 is 0 Å². The van der Waals surface area contributed by atoms with E-state index in [4.69, 9.17) is 0 Å². The number of rotatable bonds is 0. The molecule has 1 rings (SSSR count). The van der Waals surface area contributed by atoms with E-state index < -0.39 is 0 Å². The van der Waals surface area contributed by atoms with Crippen LogP contribution in [0.25, 0.3) is 0 Å². The van der Waals surface area contributed by atoms with Crippen molar-refractivity contribution in [2.75, 3.05) is 7.05 Å². The van der Waals surface area contributed by atoms with Crippen molar-refractivity contribution >= 4 is 0 Å². The van der Waals surface area contributed by atoms with Crippen LogP contribution in [0.4, 0.5) is 0 Å². The first-order valence-electron chi connectivity index (χ1n) is 4.11. The Bertz CT molecular complexity index is 167. The van der Waals surface area contributed by atoms with E-state index in [1.807, 2.05) is 0 Å². The highest BCUT2D eigenvalue weighted by Crippen LogP contribution is 2.23. The average molecular weight is 154 g/mol. The Hall–Kier alpha value is -0.660. The summed E-state index contributed by atoms with van der Waals surface area (Å²) in [5.74, 6) is 0. The lowest BCUT2D eigenvalue weighted by molar-refractivity contribution is 0.104. The maximum absolute atomic E-state index is 2.35. The smallest absolute Gasteiger partial charge is 0.0979 e. The van der Waals surface area contributed by atoms with Gasteiger partial charge in [-0.3, -0.25) is 0 Å². The first-order chi connectivity index (χ1) is 4.93. The molecule has 0 saturated heterocycles. The number of nitrogens with zero attached hydrogens (tertiary/aromatic N) is 2. The fraction of sp³-hybridized carbons (Fsp3) is 0.778. The minimum absolute atomic E-state index is 0.237. The van der Waals surface area contributed by atoms with Crippen molar-refractivity contribution in [3.63, 3.8) is 0 Å². The van der Waals surface area contributed by atoms with Crippen molar-refractivity contribution in [1.29, 1.82) is 0 Å². The van der Waals surface area contributed by atoms with Gasteiger partial charge in [-0.1, -0.05) is 0 Å². The zero-order valence-electron chi connectivity index (χ0n) is 8.13. The molecule has 0 aromatic heterocycles. The Morgan fingerprint density at radius 2 is 1.73 bits per heavy atom. The first-order valence-corrected chi connectivity index (χ1v) is 4.11. The Balaban J connectivity index is 2.70. The summed E-state index contributed by atoms with van der Waals surface area (Å²) in [7, 11) is 2.10. The van der Waals surface area contributed by atoms with Gasteiger partial charge in [0.15, 0.2) is 0 Å². The molecule has 11 heavy (non-hydrogen) atoms. The summed E-state index contributed by atoms with van der Waals surface area (Å²) in [4.78, 5) is 4.57. The summed E-state index contributed by atoms with van der Waals surface area (Å²) in [5, 5.41) is 0. The third-order valence-electron chi connectivity index (χ3n) is 2.23. The molecular weight excluding hydrogens is 136 g/mol. The standard InChI is InChI=1S/C9H18N2/c1-8-10(5)6-7-11(8)9(2,3)4/h6-8H,1-5H3. The van der Waals surface area contributed by atoms with Crippen molar-refractivity contribution in [3.8, 4) is 0 Å². The Labute approximate surface area is 69.5 Å². The van der Waals surface area contributed by atoms with E-state index in [1.54, 1.807) is 0 Å². The van der Waals surface area contributed by atoms with Crippen molar-refractivity contribution in [3.05, 3.63) is 12.4 Å². The fourth-order valence-corrected chi connectivity index (χ4v) is 1.41. The van der Waals surface area contributed by atoms with Gasteiger partial charge in [-0.05, 0) is 27.7 Å². The Morgan fingerprint density at radius 1 is 1.18 bits per heavy atom. The van der Waals surface area contributed by atoms with Gasteiger partial charge in [0.1, 0.15) is 0 Å². The van der Waals surface area contributed by atoms with Gasteiger partial charge in [-0.2, -0.15) is 0 Å². The molecule has 0 aliphatic carbocycles. The highest BCUT2D eigenvalue weighted by Gasteiger charge is 2.27. The lowest BCUT2D eigenvalue weighted by Gasteiger charge is -2.38. The summed E-state index contributed by atoms with van der Waals surface area (Å²) in [5.41, 5.74) is 0.237. The zero-order chi connectivity index (χ0) is 8.65. The van der Waals surface area contributed by atoms with Crippen LogP contribution in [0.3, 0.4) is 0 Å². The first kappa shape index (κ1) is 8.44. The third-order valence-corrected chi connectivity index (χ3v) is 2.23. The molecule has 0 N–H and O–H groups in total. The summed E-state index contributed by atoms with van der Waals surface area (Å²) in [6, 6.07) is 0. The summed E-state index contributed by atoms with van der Waals surface area (Å²) in [6.07, 6.45) is 4.77. The molecule has 0 bridgehead atoms. The van der Waals surface area contributed by atoms with Crippen molar-refractivity contribution in [2.45, 2.75) is 39.4 Å². The van der Waals surface area contributed by atoms with Crippen molar-refractivity contribution in [1.82, 2.24) is 9.80 Å². The molecule has 0 aromatic carbocycles. The number of hydrogen-bond acceptors (Lipinski definition) is 2. The molecule has 1 heterocycles. The van der Waals surface area contributed by atoms with Crippen LogP contribution in [0.1, 0.15) is 27.7 Å². The normalized spacial score (nSPS) is 25.0. The van der Waals surface area contributed by atoms with Crippen molar-refractivity contribution in [2.24, 2.45) is 0 Å². The lowest BCUT2D eigenvalue weighted by Crippen LogP contribution is -2.44. The van der Waals surface area contributed by atoms with Gasteiger partial charge in [0.2, 0.25) is 0 Å². The van der Waals surface area contributed by atoms with E-state index >= 15 is 0 Å². The van der Waals surface area contributed by atoms with E-state index in [1.165, 1.54) is 0 Å². The van der Waals surface area contributed by atoms with Crippen LogP contribution in [0.2, 0.25) is 0 Å². The highest BCUT2D eigenvalue weighted by atomic mass is 15.4. The van der Waals surface area contributed by atoms with Gasteiger partial charge in [0, 0.05) is 25.0 Å². The minimum Gasteiger partial charge on any atom is -0.359 e. The van der Waals surface area contributed by atoms with E-state index in [9.17, 15) is 0 Å². The maximum atomic E-state index is 2.35. The fourth-order valence-electron chi connectivity index (χ4n) is 1.41. The molecular formula is C9H18N2. The average Bonchev–Trinajstić information content (AvgIpc) is 2.11. The Kier molecular flexibility index (Phi) is 1.87. The lowest BCUT2D eigenvalue weighted by atomic mass is 10.1. The second-order valence-corrected chi connectivity index (χ2v) is 4.17. The van der Waals surface area contributed by atoms with Gasteiger partial charge in [0.25, 0.3) is 0 Å². The van der Waals surface area contributed by atoms with E-state index in [2.05, 4.69) is 56.9 Å². The molecule has 0 spiro atoms. The monoisotopic (exact) mass is 154 g/mol. The number of hydrogen-bond donors (Lipinski definition) is 0. The van der Waals surface area contributed by atoms with Crippen LogP contribution in [0.5, 0.6) is 0 Å². The molecule has 2 nitrogen and oxygen atoms in total. The van der Waals surface area contributed by atoms with Crippen LogP contribution in [-0.2, 0) is 0 Å². The Morgan fingerprint density at radius 3 is 1.91 bits per heavy atom. The summed E-state index contributed by atoms with van der Waals surface area (Å²) in [6.45, 7) is 8.90. The van der Waals surface area contributed by atoms with E-state index in [-0.39, 0.29) is 5.54 Å². The molecule has 0 aromatic rings. The topological polar surface area (TPSA) is 6.48 Å². The van der Waals surface area contributed by atoms with Gasteiger partial charge >= 0.3 is 0 Å². The zero-order valence-corrected chi connectivity index (χ0v) is 8.13. The minimum atomic E-state index is 0.237. The molecule has 64 valence electrons. The van der Waals surface area contributed by atoms with Crippen LogP contribution in [-0.4, -0.2) is 28.6 Å². The van der Waals surface area contributed by atoms with Crippen LogP contribution in [0.15, 0.2) is 12.4 Å². The third kappa shape index (κ3) is 1.50. The van der Waals surface area contributed by atoms with Crippen LogP contribution >= 0.6 is 0 Å². The van der Waals surface area contributed by atoms with Gasteiger partial charge < -0.3 is 9.80 Å². The molecule has 1 aliphatic heterocycles. The predicted octanol–water partition coefficient (Wildman–Crippen LogP) is 1.85. The molecule has 0 radical (unpaired) electrons. The molecule has 0 fully saturated rings. The van der Waals surface area contributed by atoms with Crippen LogP contribution < -0.4 is 0 Å². The quantitative estimate of drug-likeness (QED) is 0.525.